The number of primary amides is 1. The average Bonchev–Trinajstić information content (AvgIpc) is 2.84. The lowest BCUT2D eigenvalue weighted by molar-refractivity contribution is -0.117. The van der Waals surface area contributed by atoms with Crippen LogP contribution in [0.1, 0.15) is 12.5 Å². The van der Waals surface area contributed by atoms with Crippen molar-refractivity contribution in [2.45, 2.75) is 25.7 Å². The SMILES string of the molecule is CC1OC1Oc1ccc(CC(N)=O)cc1. The van der Waals surface area contributed by atoms with E-state index in [0.29, 0.717) is 0 Å². The van der Waals surface area contributed by atoms with Crippen molar-refractivity contribution in [2.75, 3.05) is 0 Å². The summed E-state index contributed by atoms with van der Waals surface area (Å²) in [6.07, 6.45) is 0.318. The molecule has 15 heavy (non-hydrogen) atoms. The fraction of sp³-hybridized carbons (Fsp3) is 0.364. The minimum absolute atomic E-state index is 0.119. The molecule has 80 valence electrons. The molecule has 2 rings (SSSR count). The Labute approximate surface area is 88.0 Å². The molecule has 2 N–H and O–H groups in total. The molecular weight excluding hydrogens is 194 g/mol. The van der Waals surface area contributed by atoms with Crippen LogP contribution >= 0.6 is 0 Å². The topological polar surface area (TPSA) is 64.8 Å². The molecule has 0 saturated carbocycles. The third kappa shape index (κ3) is 2.70. The molecule has 0 aliphatic carbocycles. The van der Waals surface area contributed by atoms with Crippen molar-refractivity contribution in [3.8, 4) is 5.75 Å². The van der Waals surface area contributed by atoms with Gasteiger partial charge in [0.25, 0.3) is 0 Å². The number of nitrogens with two attached hydrogens (primary N) is 1. The Kier molecular flexibility index (Phi) is 2.60. The van der Waals surface area contributed by atoms with E-state index in [0.717, 1.165) is 11.3 Å². The second-order valence-electron chi connectivity index (χ2n) is 3.61. The third-order valence-corrected chi connectivity index (χ3v) is 2.21. The quantitative estimate of drug-likeness (QED) is 0.744. The summed E-state index contributed by atoms with van der Waals surface area (Å²) in [4.78, 5) is 10.7. The van der Waals surface area contributed by atoms with Crippen molar-refractivity contribution in [2.24, 2.45) is 5.73 Å². The predicted molar refractivity (Wildman–Crippen MR) is 54.3 cm³/mol. The summed E-state index contributed by atoms with van der Waals surface area (Å²) >= 11 is 0. The van der Waals surface area contributed by atoms with Crippen molar-refractivity contribution in [3.63, 3.8) is 0 Å². The van der Waals surface area contributed by atoms with Crippen molar-refractivity contribution < 1.29 is 14.3 Å². The first-order valence-electron chi connectivity index (χ1n) is 4.84. The molecule has 0 radical (unpaired) electrons. The molecule has 1 aliphatic rings. The molecule has 1 saturated heterocycles. The minimum atomic E-state index is -0.331. The van der Waals surface area contributed by atoms with E-state index in [1.54, 1.807) is 0 Å². The van der Waals surface area contributed by atoms with Crippen LogP contribution in [0.3, 0.4) is 0 Å². The highest BCUT2D eigenvalue weighted by atomic mass is 16.8. The second-order valence-corrected chi connectivity index (χ2v) is 3.61. The molecule has 1 fully saturated rings. The van der Waals surface area contributed by atoms with E-state index in [1.807, 2.05) is 31.2 Å². The van der Waals surface area contributed by atoms with Gasteiger partial charge in [0.2, 0.25) is 12.2 Å². The maximum absolute atomic E-state index is 10.7. The number of amides is 1. The number of epoxide rings is 1. The normalized spacial score (nSPS) is 23.5. The highest BCUT2D eigenvalue weighted by Crippen LogP contribution is 2.25. The van der Waals surface area contributed by atoms with Gasteiger partial charge in [0, 0.05) is 0 Å². The second kappa shape index (κ2) is 3.90. The Morgan fingerprint density at radius 2 is 2.07 bits per heavy atom. The van der Waals surface area contributed by atoms with Gasteiger partial charge in [0.1, 0.15) is 11.9 Å². The molecule has 2 atom stereocenters. The zero-order valence-corrected chi connectivity index (χ0v) is 8.47. The maximum atomic E-state index is 10.7. The van der Waals surface area contributed by atoms with E-state index in [1.165, 1.54) is 0 Å². The smallest absolute Gasteiger partial charge is 0.226 e. The molecule has 1 aromatic rings. The van der Waals surface area contributed by atoms with Gasteiger partial charge in [0.15, 0.2) is 0 Å². The summed E-state index contributed by atoms with van der Waals surface area (Å²) in [7, 11) is 0. The molecule has 0 aromatic heterocycles. The van der Waals surface area contributed by atoms with Crippen molar-refractivity contribution in [1.82, 2.24) is 0 Å². The molecule has 0 spiro atoms. The van der Waals surface area contributed by atoms with Crippen LogP contribution in [-0.4, -0.2) is 18.3 Å². The number of hydrogen-bond donors (Lipinski definition) is 1. The van der Waals surface area contributed by atoms with E-state index in [4.69, 9.17) is 15.2 Å². The van der Waals surface area contributed by atoms with E-state index >= 15 is 0 Å². The molecule has 1 heterocycles. The van der Waals surface area contributed by atoms with E-state index in [-0.39, 0.29) is 24.7 Å². The van der Waals surface area contributed by atoms with Crippen LogP contribution in [0.4, 0.5) is 0 Å². The number of carbonyl (C=O) groups is 1. The first-order chi connectivity index (χ1) is 7.15. The van der Waals surface area contributed by atoms with Crippen LogP contribution < -0.4 is 10.5 Å². The zero-order valence-electron chi connectivity index (χ0n) is 8.47. The number of carbonyl (C=O) groups excluding carboxylic acids is 1. The lowest BCUT2D eigenvalue weighted by Crippen LogP contribution is -2.13. The minimum Gasteiger partial charge on any atom is -0.462 e. The average molecular weight is 207 g/mol. The standard InChI is InChI=1S/C11H13NO3/c1-7-11(14-7)15-9-4-2-8(3-5-9)6-10(12)13/h2-5,7,11H,6H2,1H3,(H2,12,13). The molecule has 1 amide bonds. The Morgan fingerprint density at radius 1 is 1.47 bits per heavy atom. The summed E-state index contributed by atoms with van der Waals surface area (Å²) < 4.78 is 10.6. The summed E-state index contributed by atoms with van der Waals surface area (Å²) in [6.45, 7) is 1.95. The molecule has 0 bridgehead atoms. The molecule has 2 unspecified atom stereocenters. The van der Waals surface area contributed by atoms with Crippen LogP contribution in [0, 0.1) is 0 Å². The molecular formula is C11H13NO3. The lowest BCUT2D eigenvalue weighted by Gasteiger charge is -2.03. The Hall–Kier alpha value is -1.55. The van der Waals surface area contributed by atoms with Crippen LogP contribution in [-0.2, 0) is 16.0 Å². The molecule has 4 heteroatoms. The van der Waals surface area contributed by atoms with Crippen LogP contribution in [0.25, 0.3) is 0 Å². The Bertz CT molecular complexity index is 361. The summed E-state index contributed by atoms with van der Waals surface area (Å²) in [6, 6.07) is 7.28. The van der Waals surface area contributed by atoms with E-state index < -0.39 is 0 Å². The predicted octanol–water partition coefficient (Wildman–Crippen LogP) is 0.838. The fourth-order valence-corrected chi connectivity index (χ4v) is 1.31. The van der Waals surface area contributed by atoms with Crippen molar-refractivity contribution >= 4 is 5.91 Å². The summed E-state index contributed by atoms with van der Waals surface area (Å²) in [5, 5.41) is 0. The zero-order chi connectivity index (χ0) is 10.8. The van der Waals surface area contributed by atoms with Gasteiger partial charge in [-0.2, -0.15) is 0 Å². The third-order valence-electron chi connectivity index (χ3n) is 2.21. The highest BCUT2D eigenvalue weighted by molar-refractivity contribution is 5.76. The monoisotopic (exact) mass is 207 g/mol. The van der Waals surface area contributed by atoms with Gasteiger partial charge in [-0.15, -0.1) is 0 Å². The maximum Gasteiger partial charge on any atom is 0.226 e. The van der Waals surface area contributed by atoms with Crippen LogP contribution in [0.2, 0.25) is 0 Å². The molecule has 1 aromatic carbocycles. The largest absolute Gasteiger partial charge is 0.462 e. The first-order valence-corrected chi connectivity index (χ1v) is 4.84. The van der Waals surface area contributed by atoms with E-state index in [2.05, 4.69) is 0 Å². The Balaban J connectivity index is 1.94. The number of benzene rings is 1. The first kappa shape index (κ1) is 9.98. The van der Waals surface area contributed by atoms with Gasteiger partial charge < -0.3 is 15.2 Å². The van der Waals surface area contributed by atoms with Gasteiger partial charge in [-0.05, 0) is 24.6 Å². The van der Waals surface area contributed by atoms with Gasteiger partial charge in [-0.1, -0.05) is 12.1 Å². The number of rotatable bonds is 4. The van der Waals surface area contributed by atoms with Gasteiger partial charge in [-0.25, -0.2) is 0 Å². The van der Waals surface area contributed by atoms with Gasteiger partial charge >= 0.3 is 0 Å². The van der Waals surface area contributed by atoms with Crippen LogP contribution in [0.15, 0.2) is 24.3 Å². The van der Waals surface area contributed by atoms with E-state index in [9.17, 15) is 4.79 Å². The highest BCUT2D eigenvalue weighted by Gasteiger charge is 2.36. The Morgan fingerprint density at radius 3 is 2.53 bits per heavy atom. The fourth-order valence-electron chi connectivity index (χ4n) is 1.31. The van der Waals surface area contributed by atoms with Crippen molar-refractivity contribution in [3.05, 3.63) is 29.8 Å². The van der Waals surface area contributed by atoms with Crippen LogP contribution in [0.5, 0.6) is 5.75 Å². The number of hydrogen-bond acceptors (Lipinski definition) is 3. The van der Waals surface area contributed by atoms with Gasteiger partial charge in [0.05, 0.1) is 6.42 Å². The summed E-state index contributed by atoms with van der Waals surface area (Å²) in [5.41, 5.74) is 5.97. The molecule has 1 aliphatic heterocycles. The van der Waals surface area contributed by atoms with Crippen molar-refractivity contribution in [1.29, 1.82) is 0 Å². The number of ether oxygens (including phenoxy) is 2. The molecule has 4 nitrogen and oxygen atoms in total. The summed E-state index contributed by atoms with van der Waals surface area (Å²) in [5.74, 6) is 0.417. The van der Waals surface area contributed by atoms with Gasteiger partial charge in [-0.3, -0.25) is 4.79 Å². The lowest BCUT2D eigenvalue weighted by atomic mass is 10.1.